The quantitative estimate of drug-likeness (QED) is 0.775. The molecular weight excluding hydrogens is 258 g/mol. The highest BCUT2D eigenvalue weighted by atomic mass is 32.2. The molecule has 1 aromatic rings. The van der Waals surface area contributed by atoms with Gasteiger partial charge in [0.15, 0.2) is 5.82 Å². The van der Waals surface area contributed by atoms with Gasteiger partial charge in [-0.05, 0) is 26.7 Å². The number of hydrogen-bond acceptors (Lipinski definition) is 5. The van der Waals surface area contributed by atoms with E-state index in [1.165, 1.54) is 25.7 Å². The Morgan fingerprint density at radius 2 is 2.11 bits per heavy atom. The first-order chi connectivity index (χ1) is 9.31. The number of aromatic nitrogens is 2. The Balaban J connectivity index is 2.07. The molecule has 2 rings (SSSR count). The number of thioether (sulfide) groups is 1. The van der Waals surface area contributed by atoms with Crippen LogP contribution in [-0.2, 0) is 11.3 Å². The second-order valence-corrected chi connectivity index (χ2v) is 6.02. The van der Waals surface area contributed by atoms with Crippen molar-refractivity contribution >= 4 is 17.6 Å². The van der Waals surface area contributed by atoms with Crippen molar-refractivity contribution in [3.8, 4) is 0 Å². The van der Waals surface area contributed by atoms with E-state index in [2.05, 4.69) is 28.3 Å². The molecule has 1 aliphatic rings. The van der Waals surface area contributed by atoms with Gasteiger partial charge in [0.1, 0.15) is 17.5 Å². The van der Waals surface area contributed by atoms with Crippen LogP contribution in [0.4, 0.5) is 5.82 Å². The van der Waals surface area contributed by atoms with Crippen LogP contribution in [0, 0.1) is 0 Å². The van der Waals surface area contributed by atoms with Crippen molar-refractivity contribution in [1.82, 2.24) is 9.97 Å². The summed E-state index contributed by atoms with van der Waals surface area (Å²) in [5.41, 5.74) is 0. The second kappa shape index (κ2) is 7.70. The topological polar surface area (TPSA) is 47.0 Å². The third-order valence-electron chi connectivity index (χ3n) is 3.13. The molecule has 106 valence electrons. The first-order valence-electron chi connectivity index (χ1n) is 7.18. The maximum absolute atomic E-state index is 5.42. The maximum atomic E-state index is 5.42. The van der Waals surface area contributed by atoms with Crippen LogP contribution in [-0.4, -0.2) is 28.4 Å². The maximum Gasteiger partial charge on any atom is 0.157 e. The van der Waals surface area contributed by atoms with E-state index in [-0.39, 0.29) is 0 Å². The van der Waals surface area contributed by atoms with E-state index < -0.39 is 0 Å². The number of nitrogens with zero attached hydrogens (tertiary/aromatic N) is 2. The van der Waals surface area contributed by atoms with Crippen LogP contribution < -0.4 is 5.32 Å². The van der Waals surface area contributed by atoms with Crippen molar-refractivity contribution in [3.05, 3.63) is 11.9 Å². The molecule has 4 nitrogen and oxygen atoms in total. The van der Waals surface area contributed by atoms with E-state index in [0.717, 1.165) is 28.5 Å². The Labute approximate surface area is 119 Å². The van der Waals surface area contributed by atoms with Gasteiger partial charge in [-0.3, -0.25) is 0 Å². The van der Waals surface area contributed by atoms with Gasteiger partial charge >= 0.3 is 0 Å². The minimum Gasteiger partial charge on any atom is -0.374 e. The Morgan fingerprint density at radius 3 is 2.79 bits per heavy atom. The number of hydrogen-bond donors (Lipinski definition) is 1. The van der Waals surface area contributed by atoms with Crippen molar-refractivity contribution in [1.29, 1.82) is 0 Å². The molecule has 0 atom stereocenters. The molecule has 0 spiro atoms. The van der Waals surface area contributed by atoms with Gasteiger partial charge in [-0.1, -0.05) is 12.8 Å². The minimum absolute atomic E-state index is 0.494. The summed E-state index contributed by atoms with van der Waals surface area (Å²) in [5, 5.41) is 5.07. The predicted octanol–water partition coefficient (Wildman–Crippen LogP) is 3.48. The smallest absolute Gasteiger partial charge is 0.157 e. The molecule has 1 aromatic heterocycles. The molecule has 1 fully saturated rings. The number of rotatable bonds is 7. The average molecular weight is 281 g/mol. The van der Waals surface area contributed by atoms with Crippen LogP contribution >= 0.6 is 11.8 Å². The van der Waals surface area contributed by atoms with Crippen molar-refractivity contribution in [3.63, 3.8) is 0 Å². The first kappa shape index (κ1) is 14.6. The molecule has 0 saturated heterocycles. The van der Waals surface area contributed by atoms with Gasteiger partial charge < -0.3 is 10.1 Å². The van der Waals surface area contributed by atoms with Crippen LogP contribution in [0.3, 0.4) is 0 Å². The lowest BCUT2D eigenvalue weighted by Crippen LogP contribution is -2.07. The molecule has 5 heteroatoms. The summed E-state index contributed by atoms with van der Waals surface area (Å²) in [6, 6.07) is 2.06. The zero-order valence-electron chi connectivity index (χ0n) is 11.8. The van der Waals surface area contributed by atoms with Crippen LogP contribution in [0.1, 0.15) is 45.4 Å². The van der Waals surface area contributed by atoms with Gasteiger partial charge in [0, 0.05) is 24.5 Å². The van der Waals surface area contributed by atoms with E-state index in [1.54, 1.807) is 0 Å². The van der Waals surface area contributed by atoms with Gasteiger partial charge in [-0.25, -0.2) is 9.97 Å². The Bertz CT molecular complexity index is 394. The monoisotopic (exact) mass is 281 g/mol. The summed E-state index contributed by atoms with van der Waals surface area (Å²) in [5.74, 6) is 1.69. The highest BCUT2D eigenvalue weighted by Crippen LogP contribution is 2.34. The molecule has 0 aromatic carbocycles. The van der Waals surface area contributed by atoms with Crippen LogP contribution in [0.2, 0.25) is 0 Å². The highest BCUT2D eigenvalue weighted by Gasteiger charge is 2.17. The van der Waals surface area contributed by atoms with E-state index >= 15 is 0 Å². The summed E-state index contributed by atoms with van der Waals surface area (Å²) in [4.78, 5) is 9.08. The first-order valence-corrected chi connectivity index (χ1v) is 8.06. The SMILES string of the molecule is CCNc1cc(SC2CCCC2)nc(COCC)n1. The van der Waals surface area contributed by atoms with Gasteiger partial charge in [-0.15, -0.1) is 11.8 Å². The molecule has 0 aliphatic heterocycles. The summed E-state index contributed by atoms with van der Waals surface area (Å²) < 4.78 is 5.42. The van der Waals surface area contributed by atoms with E-state index in [0.29, 0.717) is 13.2 Å². The molecule has 0 unspecified atom stereocenters. The average Bonchev–Trinajstić information content (AvgIpc) is 2.89. The number of nitrogens with one attached hydrogen (secondary N) is 1. The standard InChI is InChI=1S/C14H23N3OS/c1-3-15-12-9-14(19-11-7-5-6-8-11)17-13(16-12)10-18-4-2/h9,11H,3-8,10H2,1-2H3,(H,15,16,17). The molecule has 1 N–H and O–H groups in total. The lowest BCUT2D eigenvalue weighted by molar-refractivity contribution is 0.128. The fourth-order valence-corrected chi connectivity index (χ4v) is 3.49. The zero-order valence-corrected chi connectivity index (χ0v) is 12.6. The highest BCUT2D eigenvalue weighted by molar-refractivity contribution is 7.99. The largest absolute Gasteiger partial charge is 0.374 e. The minimum atomic E-state index is 0.494. The van der Waals surface area contributed by atoms with Crippen LogP contribution in [0.25, 0.3) is 0 Å². The van der Waals surface area contributed by atoms with Gasteiger partial charge in [0.25, 0.3) is 0 Å². The van der Waals surface area contributed by atoms with Crippen LogP contribution in [0.15, 0.2) is 11.1 Å². The second-order valence-electron chi connectivity index (χ2n) is 4.70. The van der Waals surface area contributed by atoms with E-state index in [4.69, 9.17) is 4.74 Å². The number of ether oxygens (including phenoxy) is 1. The van der Waals surface area contributed by atoms with E-state index in [1.807, 2.05) is 18.7 Å². The Kier molecular flexibility index (Phi) is 5.92. The van der Waals surface area contributed by atoms with Gasteiger partial charge in [0.2, 0.25) is 0 Å². The summed E-state index contributed by atoms with van der Waals surface area (Å²) in [6.45, 7) is 6.13. The molecule has 1 saturated carbocycles. The normalized spacial score (nSPS) is 15.9. The Morgan fingerprint density at radius 1 is 1.32 bits per heavy atom. The molecule has 19 heavy (non-hydrogen) atoms. The summed E-state index contributed by atoms with van der Waals surface area (Å²) in [6.07, 6.45) is 5.33. The molecule has 0 radical (unpaired) electrons. The fourth-order valence-electron chi connectivity index (χ4n) is 2.24. The van der Waals surface area contributed by atoms with Gasteiger partial charge in [0.05, 0.1) is 0 Å². The molecule has 0 bridgehead atoms. The molecule has 1 aliphatic carbocycles. The molecule has 1 heterocycles. The third kappa shape index (κ3) is 4.66. The Hall–Kier alpha value is -0.810. The van der Waals surface area contributed by atoms with E-state index in [9.17, 15) is 0 Å². The van der Waals surface area contributed by atoms with Crippen LogP contribution in [0.5, 0.6) is 0 Å². The summed E-state index contributed by atoms with van der Waals surface area (Å²) >= 11 is 1.89. The zero-order chi connectivity index (χ0) is 13.5. The molecule has 0 amide bonds. The van der Waals surface area contributed by atoms with Crippen molar-refractivity contribution in [2.45, 2.75) is 56.4 Å². The lowest BCUT2D eigenvalue weighted by Gasteiger charge is -2.11. The van der Waals surface area contributed by atoms with Crippen molar-refractivity contribution in [2.75, 3.05) is 18.5 Å². The summed E-state index contributed by atoms with van der Waals surface area (Å²) in [7, 11) is 0. The lowest BCUT2D eigenvalue weighted by atomic mass is 10.4. The predicted molar refractivity (Wildman–Crippen MR) is 79.6 cm³/mol. The number of anilines is 1. The third-order valence-corrected chi connectivity index (χ3v) is 4.39. The van der Waals surface area contributed by atoms with Crippen molar-refractivity contribution < 1.29 is 4.74 Å². The van der Waals surface area contributed by atoms with Crippen molar-refractivity contribution in [2.24, 2.45) is 0 Å². The molecular formula is C14H23N3OS. The van der Waals surface area contributed by atoms with Gasteiger partial charge in [-0.2, -0.15) is 0 Å². The fraction of sp³-hybridized carbons (Fsp3) is 0.714.